The highest BCUT2D eigenvalue weighted by Crippen LogP contribution is 2.30. The Morgan fingerprint density at radius 2 is 1.94 bits per heavy atom. The van der Waals surface area contributed by atoms with E-state index in [1.54, 1.807) is 0 Å². The SMILES string of the molecule is CCN(CC1CC1)C(=O)c1ccc(CN)cc1.Cl. The van der Waals surface area contributed by atoms with Gasteiger partial charge in [0.05, 0.1) is 0 Å². The second-order valence-corrected chi connectivity index (χ2v) is 4.69. The summed E-state index contributed by atoms with van der Waals surface area (Å²) in [6.45, 7) is 4.25. The molecule has 0 atom stereocenters. The molecule has 1 aromatic rings. The van der Waals surface area contributed by atoms with Crippen molar-refractivity contribution in [3.8, 4) is 0 Å². The third kappa shape index (κ3) is 3.72. The average molecular weight is 269 g/mol. The van der Waals surface area contributed by atoms with Crippen LogP contribution < -0.4 is 5.73 Å². The molecule has 0 unspecified atom stereocenters. The van der Waals surface area contributed by atoms with E-state index in [-0.39, 0.29) is 18.3 Å². The Bertz CT molecular complexity index is 387. The van der Waals surface area contributed by atoms with E-state index in [1.165, 1.54) is 12.8 Å². The van der Waals surface area contributed by atoms with Crippen LogP contribution >= 0.6 is 12.4 Å². The number of benzene rings is 1. The lowest BCUT2D eigenvalue weighted by molar-refractivity contribution is 0.0757. The van der Waals surface area contributed by atoms with E-state index >= 15 is 0 Å². The number of carbonyl (C=O) groups excluding carboxylic acids is 1. The fraction of sp³-hybridized carbons (Fsp3) is 0.500. The Balaban J connectivity index is 0.00000162. The summed E-state index contributed by atoms with van der Waals surface area (Å²) >= 11 is 0. The van der Waals surface area contributed by atoms with Gasteiger partial charge < -0.3 is 10.6 Å². The van der Waals surface area contributed by atoms with E-state index in [0.29, 0.717) is 6.54 Å². The van der Waals surface area contributed by atoms with Gasteiger partial charge in [0.15, 0.2) is 0 Å². The summed E-state index contributed by atoms with van der Waals surface area (Å²) in [6, 6.07) is 7.61. The zero-order valence-corrected chi connectivity index (χ0v) is 11.6. The van der Waals surface area contributed by atoms with Crippen LogP contribution in [0.4, 0.5) is 0 Å². The zero-order chi connectivity index (χ0) is 12.3. The van der Waals surface area contributed by atoms with Gasteiger partial charge >= 0.3 is 0 Å². The van der Waals surface area contributed by atoms with Crippen molar-refractivity contribution in [3.05, 3.63) is 35.4 Å². The van der Waals surface area contributed by atoms with Crippen LogP contribution in [0.3, 0.4) is 0 Å². The predicted octanol–water partition coefficient (Wildman–Crippen LogP) is 2.44. The first kappa shape index (κ1) is 15.0. The van der Waals surface area contributed by atoms with Gasteiger partial charge in [0.25, 0.3) is 5.91 Å². The number of nitrogens with zero attached hydrogens (tertiary/aromatic N) is 1. The molecule has 1 aliphatic rings. The minimum atomic E-state index is 0. The lowest BCUT2D eigenvalue weighted by atomic mass is 10.1. The van der Waals surface area contributed by atoms with Crippen molar-refractivity contribution in [3.63, 3.8) is 0 Å². The maximum atomic E-state index is 12.2. The second kappa shape index (κ2) is 6.76. The summed E-state index contributed by atoms with van der Waals surface area (Å²) in [7, 11) is 0. The van der Waals surface area contributed by atoms with Crippen molar-refractivity contribution in [2.75, 3.05) is 13.1 Å². The van der Waals surface area contributed by atoms with E-state index < -0.39 is 0 Å². The molecule has 1 aliphatic carbocycles. The first-order chi connectivity index (χ1) is 8.24. The van der Waals surface area contributed by atoms with Gasteiger partial charge in [-0.25, -0.2) is 0 Å². The molecule has 0 bridgehead atoms. The summed E-state index contributed by atoms with van der Waals surface area (Å²) in [5, 5.41) is 0. The fourth-order valence-electron chi connectivity index (χ4n) is 1.93. The topological polar surface area (TPSA) is 46.3 Å². The van der Waals surface area contributed by atoms with Crippen LogP contribution in [0.15, 0.2) is 24.3 Å². The highest BCUT2D eigenvalue weighted by molar-refractivity contribution is 5.94. The lowest BCUT2D eigenvalue weighted by Crippen LogP contribution is -2.32. The molecule has 0 aliphatic heterocycles. The Morgan fingerprint density at radius 1 is 1.33 bits per heavy atom. The average Bonchev–Trinajstić information content (AvgIpc) is 3.19. The second-order valence-electron chi connectivity index (χ2n) is 4.69. The molecular formula is C14H21ClN2O. The zero-order valence-electron chi connectivity index (χ0n) is 10.8. The number of nitrogens with two attached hydrogens (primary N) is 1. The minimum absolute atomic E-state index is 0. The van der Waals surface area contributed by atoms with Gasteiger partial charge in [0.2, 0.25) is 0 Å². The number of hydrogen-bond donors (Lipinski definition) is 1. The molecule has 0 radical (unpaired) electrons. The molecular weight excluding hydrogens is 248 g/mol. The summed E-state index contributed by atoms with van der Waals surface area (Å²) in [6.07, 6.45) is 2.55. The molecule has 1 fully saturated rings. The molecule has 18 heavy (non-hydrogen) atoms. The molecule has 1 saturated carbocycles. The molecule has 1 amide bonds. The molecule has 0 heterocycles. The van der Waals surface area contributed by atoms with E-state index in [2.05, 4.69) is 0 Å². The van der Waals surface area contributed by atoms with Crippen LogP contribution in [-0.2, 0) is 6.54 Å². The first-order valence-corrected chi connectivity index (χ1v) is 6.33. The molecule has 2 rings (SSSR count). The third-order valence-corrected chi connectivity index (χ3v) is 3.28. The molecule has 1 aromatic carbocycles. The van der Waals surface area contributed by atoms with Gasteiger partial charge in [-0.05, 0) is 43.4 Å². The van der Waals surface area contributed by atoms with E-state index in [1.807, 2.05) is 36.1 Å². The van der Waals surface area contributed by atoms with Gasteiger partial charge in [-0.1, -0.05) is 12.1 Å². The first-order valence-electron chi connectivity index (χ1n) is 6.33. The van der Waals surface area contributed by atoms with Crippen LogP contribution in [0.5, 0.6) is 0 Å². The molecule has 3 nitrogen and oxygen atoms in total. The van der Waals surface area contributed by atoms with Crippen molar-refractivity contribution in [2.45, 2.75) is 26.3 Å². The number of halogens is 1. The Morgan fingerprint density at radius 3 is 2.39 bits per heavy atom. The minimum Gasteiger partial charge on any atom is -0.339 e. The Hall–Kier alpha value is -1.06. The van der Waals surface area contributed by atoms with E-state index in [0.717, 1.165) is 30.1 Å². The van der Waals surface area contributed by atoms with Crippen LogP contribution in [0.1, 0.15) is 35.7 Å². The van der Waals surface area contributed by atoms with Crippen LogP contribution in [0.2, 0.25) is 0 Å². The van der Waals surface area contributed by atoms with E-state index in [4.69, 9.17) is 5.73 Å². The Labute approximate surface area is 115 Å². The maximum Gasteiger partial charge on any atom is 0.253 e. The quantitative estimate of drug-likeness (QED) is 0.892. The molecule has 0 saturated heterocycles. The highest BCUT2D eigenvalue weighted by Gasteiger charge is 2.26. The number of carbonyl (C=O) groups is 1. The molecule has 0 aromatic heterocycles. The van der Waals surface area contributed by atoms with Crippen LogP contribution in [-0.4, -0.2) is 23.9 Å². The molecule has 4 heteroatoms. The van der Waals surface area contributed by atoms with Gasteiger partial charge in [-0.2, -0.15) is 0 Å². The highest BCUT2D eigenvalue weighted by atomic mass is 35.5. The molecule has 0 spiro atoms. The van der Waals surface area contributed by atoms with Crippen LogP contribution in [0, 0.1) is 5.92 Å². The van der Waals surface area contributed by atoms with Gasteiger partial charge in [0.1, 0.15) is 0 Å². The standard InChI is InChI=1S/C14H20N2O.ClH/c1-2-16(10-12-3-4-12)14(17)13-7-5-11(9-15)6-8-13;/h5-8,12H,2-4,9-10,15H2,1H3;1H. The van der Waals surface area contributed by atoms with Crippen molar-refractivity contribution >= 4 is 18.3 Å². The maximum absolute atomic E-state index is 12.2. The molecule has 2 N–H and O–H groups in total. The van der Waals surface area contributed by atoms with Crippen molar-refractivity contribution in [1.29, 1.82) is 0 Å². The smallest absolute Gasteiger partial charge is 0.253 e. The number of amides is 1. The van der Waals surface area contributed by atoms with E-state index in [9.17, 15) is 4.79 Å². The summed E-state index contributed by atoms with van der Waals surface area (Å²) in [4.78, 5) is 14.2. The van der Waals surface area contributed by atoms with Crippen molar-refractivity contribution < 1.29 is 4.79 Å². The fourth-order valence-corrected chi connectivity index (χ4v) is 1.93. The third-order valence-electron chi connectivity index (χ3n) is 3.28. The molecule has 100 valence electrons. The summed E-state index contributed by atoms with van der Waals surface area (Å²) in [5.74, 6) is 0.880. The van der Waals surface area contributed by atoms with Crippen molar-refractivity contribution in [2.24, 2.45) is 11.7 Å². The predicted molar refractivity (Wildman–Crippen MR) is 75.9 cm³/mol. The van der Waals surface area contributed by atoms with Gasteiger partial charge in [0, 0.05) is 25.2 Å². The van der Waals surface area contributed by atoms with Gasteiger partial charge in [-0.15, -0.1) is 12.4 Å². The monoisotopic (exact) mass is 268 g/mol. The van der Waals surface area contributed by atoms with Gasteiger partial charge in [-0.3, -0.25) is 4.79 Å². The van der Waals surface area contributed by atoms with Crippen molar-refractivity contribution in [1.82, 2.24) is 4.90 Å². The number of rotatable bonds is 5. The largest absolute Gasteiger partial charge is 0.339 e. The Kier molecular flexibility index (Phi) is 5.63. The number of hydrogen-bond acceptors (Lipinski definition) is 2. The summed E-state index contributed by atoms with van der Waals surface area (Å²) < 4.78 is 0. The summed E-state index contributed by atoms with van der Waals surface area (Å²) in [5.41, 5.74) is 7.37. The lowest BCUT2D eigenvalue weighted by Gasteiger charge is -2.20. The normalized spacial score (nSPS) is 13.9. The van der Waals surface area contributed by atoms with Crippen LogP contribution in [0.25, 0.3) is 0 Å².